The van der Waals surface area contributed by atoms with E-state index in [-0.39, 0.29) is 5.91 Å². The van der Waals surface area contributed by atoms with E-state index in [4.69, 9.17) is 4.98 Å². The molecule has 152 valence electrons. The summed E-state index contributed by atoms with van der Waals surface area (Å²) in [6.45, 7) is 4.47. The number of benzene rings is 1. The first-order chi connectivity index (χ1) is 14.1. The van der Waals surface area contributed by atoms with Gasteiger partial charge in [-0.05, 0) is 50.5 Å². The van der Waals surface area contributed by atoms with Crippen LogP contribution in [0.5, 0.6) is 0 Å². The Morgan fingerprint density at radius 1 is 1.21 bits per heavy atom. The van der Waals surface area contributed by atoms with Crippen LogP contribution in [0.2, 0.25) is 0 Å². The summed E-state index contributed by atoms with van der Waals surface area (Å²) in [6.07, 6.45) is 7.75. The van der Waals surface area contributed by atoms with Crippen LogP contribution < -0.4 is 16.0 Å². The predicted octanol–water partition coefficient (Wildman–Crippen LogP) is 3.90. The minimum absolute atomic E-state index is 0.0738. The SMILES string of the molecule is CCNC(=O)c1ccc(Nc2nc(NC3CCCCC3)c3[nH]cnc3n2)c(C)c1. The third-order valence-electron chi connectivity index (χ3n) is 5.30. The average molecular weight is 393 g/mol. The van der Waals surface area contributed by atoms with Crippen molar-refractivity contribution in [3.8, 4) is 0 Å². The van der Waals surface area contributed by atoms with Gasteiger partial charge in [-0.15, -0.1) is 0 Å². The molecule has 4 rings (SSSR count). The number of carbonyl (C=O) groups is 1. The van der Waals surface area contributed by atoms with Gasteiger partial charge in [-0.25, -0.2) is 4.98 Å². The molecule has 29 heavy (non-hydrogen) atoms. The molecule has 0 saturated heterocycles. The van der Waals surface area contributed by atoms with Gasteiger partial charge in [-0.3, -0.25) is 4.79 Å². The molecule has 1 fully saturated rings. The van der Waals surface area contributed by atoms with E-state index in [1.165, 1.54) is 19.3 Å². The fourth-order valence-electron chi connectivity index (χ4n) is 3.76. The van der Waals surface area contributed by atoms with Crippen LogP contribution in [0.25, 0.3) is 11.2 Å². The molecule has 1 aliphatic rings. The lowest BCUT2D eigenvalue weighted by atomic mass is 9.95. The number of anilines is 3. The first-order valence-electron chi connectivity index (χ1n) is 10.3. The Hall–Kier alpha value is -3.16. The van der Waals surface area contributed by atoms with Crippen LogP contribution in [-0.4, -0.2) is 38.4 Å². The molecular formula is C21H27N7O. The van der Waals surface area contributed by atoms with Gasteiger partial charge in [-0.1, -0.05) is 19.3 Å². The molecule has 1 saturated carbocycles. The zero-order chi connectivity index (χ0) is 20.2. The maximum absolute atomic E-state index is 12.0. The molecule has 0 unspecified atom stereocenters. The molecule has 0 atom stereocenters. The summed E-state index contributed by atoms with van der Waals surface area (Å²) < 4.78 is 0. The van der Waals surface area contributed by atoms with E-state index in [1.54, 1.807) is 12.4 Å². The Morgan fingerprint density at radius 3 is 2.79 bits per heavy atom. The highest BCUT2D eigenvalue weighted by Crippen LogP contribution is 2.26. The van der Waals surface area contributed by atoms with Crippen molar-refractivity contribution in [2.45, 2.75) is 52.0 Å². The highest BCUT2D eigenvalue weighted by molar-refractivity contribution is 5.95. The predicted molar refractivity (Wildman–Crippen MR) is 115 cm³/mol. The first kappa shape index (κ1) is 19.2. The smallest absolute Gasteiger partial charge is 0.251 e. The van der Waals surface area contributed by atoms with E-state index in [0.29, 0.717) is 29.7 Å². The molecule has 0 bridgehead atoms. The maximum atomic E-state index is 12.0. The highest BCUT2D eigenvalue weighted by Gasteiger charge is 2.17. The lowest BCUT2D eigenvalue weighted by Gasteiger charge is -2.23. The zero-order valence-corrected chi connectivity index (χ0v) is 16.9. The number of aryl methyl sites for hydroxylation is 1. The summed E-state index contributed by atoms with van der Waals surface area (Å²) in [7, 11) is 0. The number of rotatable bonds is 6. The number of hydrogen-bond acceptors (Lipinski definition) is 6. The van der Waals surface area contributed by atoms with Gasteiger partial charge in [0.1, 0.15) is 5.52 Å². The van der Waals surface area contributed by atoms with Crippen LogP contribution in [0.3, 0.4) is 0 Å². The van der Waals surface area contributed by atoms with Gasteiger partial charge >= 0.3 is 0 Å². The van der Waals surface area contributed by atoms with Crippen molar-refractivity contribution in [2.24, 2.45) is 0 Å². The summed E-state index contributed by atoms with van der Waals surface area (Å²) in [5.74, 6) is 1.19. The van der Waals surface area contributed by atoms with E-state index < -0.39 is 0 Å². The molecule has 4 N–H and O–H groups in total. The molecule has 1 amide bonds. The van der Waals surface area contributed by atoms with Crippen LogP contribution >= 0.6 is 0 Å². The van der Waals surface area contributed by atoms with Crippen LogP contribution in [0.15, 0.2) is 24.5 Å². The summed E-state index contributed by atoms with van der Waals surface area (Å²) in [6, 6.07) is 5.97. The molecule has 2 heterocycles. The third kappa shape index (κ3) is 4.31. The Kier molecular flexibility index (Phi) is 5.59. The number of imidazole rings is 1. The number of nitrogens with zero attached hydrogens (tertiary/aromatic N) is 3. The number of hydrogen-bond donors (Lipinski definition) is 4. The molecule has 0 spiro atoms. The van der Waals surface area contributed by atoms with E-state index in [1.807, 2.05) is 26.0 Å². The Balaban J connectivity index is 1.58. The van der Waals surface area contributed by atoms with Crippen molar-refractivity contribution < 1.29 is 4.79 Å². The van der Waals surface area contributed by atoms with Crippen molar-refractivity contribution in [3.63, 3.8) is 0 Å². The number of aromatic nitrogens is 4. The number of carbonyl (C=O) groups excluding carboxylic acids is 1. The number of fused-ring (bicyclic) bond motifs is 1. The van der Waals surface area contributed by atoms with Crippen LogP contribution in [0, 0.1) is 6.92 Å². The third-order valence-corrected chi connectivity index (χ3v) is 5.30. The van der Waals surface area contributed by atoms with Gasteiger partial charge in [0, 0.05) is 23.8 Å². The van der Waals surface area contributed by atoms with Crippen molar-refractivity contribution in [1.82, 2.24) is 25.3 Å². The molecule has 1 aromatic carbocycles. The molecule has 8 heteroatoms. The van der Waals surface area contributed by atoms with Gasteiger partial charge in [0.2, 0.25) is 5.95 Å². The molecular weight excluding hydrogens is 366 g/mol. The van der Waals surface area contributed by atoms with Crippen LogP contribution in [0.1, 0.15) is 54.9 Å². The van der Waals surface area contributed by atoms with Crippen molar-refractivity contribution in [3.05, 3.63) is 35.7 Å². The summed E-state index contributed by atoms with van der Waals surface area (Å²) in [5, 5.41) is 9.67. The fourth-order valence-corrected chi connectivity index (χ4v) is 3.76. The maximum Gasteiger partial charge on any atom is 0.251 e. The second-order valence-corrected chi connectivity index (χ2v) is 7.49. The highest BCUT2D eigenvalue weighted by atomic mass is 16.1. The van der Waals surface area contributed by atoms with Gasteiger partial charge in [-0.2, -0.15) is 9.97 Å². The summed E-state index contributed by atoms with van der Waals surface area (Å²) in [5.41, 5.74) is 3.89. The standard InChI is InChI=1S/C21H27N7O/c1-3-22-20(29)14-9-10-16(13(2)11-14)26-21-27-18-17(23-12-24-18)19(28-21)25-15-7-5-4-6-8-15/h9-12,15H,3-8H2,1-2H3,(H,22,29)(H3,23,24,25,26,27,28). The molecule has 3 aromatic rings. The van der Waals surface area contributed by atoms with E-state index in [0.717, 1.165) is 35.4 Å². The van der Waals surface area contributed by atoms with E-state index >= 15 is 0 Å². The van der Waals surface area contributed by atoms with Crippen LogP contribution in [0.4, 0.5) is 17.5 Å². The molecule has 2 aromatic heterocycles. The topological polar surface area (TPSA) is 108 Å². The minimum atomic E-state index is -0.0738. The van der Waals surface area contributed by atoms with E-state index in [2.05, 4.69) is 30.9 Å². The van der Waals surface area contributed by atoms with Crippen molar-refractivity contribution >= 4 is 34.5 Å². The monoisotopic (exact) mass is 393 g/mol. The lowest BCUT2D eigenvalue weighted by Crippen LogP contribution is -2.23. The number of H-pyrrole nitrogens is 1. The lowest BCUT2D eigenvalue weighted by molar-refractivity contribution is 0.0956. The summed E-state index contributed by atoms with van der Waals surface area (Å²) in [4.78, 5) is 28.7. The normalized spacial score (nSPS) is 14.7. The Bertz CT molecular complexity index is 1010. The van der Waals surface area contributed by atoms with Gasteiger partial charge < -0.3 is 20.9 Å². The number of amides is 1. The Labute approximate surface area is 169 Å². The largest absolute Gasteiger partial charge is 0.365 e. The van der Waals surface area contributed by atoms with E-state index in [9.17, 15) is 4.79 Å². The van der Waals surface area contributed by atoms with Gasteiger partial charge in [0.05, 0.1) is 6.33 Å². The van der Waals surface area contributed by atoms with Crippen LogP contribution in [-0.2, 0) is 0 Å². The van der Waals surface area contributed by atoms with Gasteiger partial charge in [0.25, 0.3) is 5.91 Å². The zero-order valence-electron chi connectivity index (χ0n) is 16.9. The second-order valence-electron chi connectivity index (χ2n) is 7.49. The van der Waals surface area contributed by atoms with Crippen molar-refractivity contribution in [1.29, 1.82) is 0 Å². The minimum Gasteiger partial charge on any atom is -0.365 e. The number of nitrogens with one attached hydrogen (secondary N) is 4. The molecule has 0 radical (unpaired) electrons. The molecule has 1 aliphatic carbocycles. The van der Waals surface area contributed by atoms with Crippen molar-refractivity contribution in [2.75, 3.05) is 17.2 Å². The van der Waals surface area contributed by atoms with Gasteiger partial charge in [0.15, 0.2) is 11.5 Å². The second kappa shape index (κ2) is 8.46. The number of aromatic amines is 1. The first-order valence-corrected chi connectivity index (χ1v) is 10.3. The quantitative estimate of drug-likeness (QED) is 0.506. The fraction of sp³-hybridized carbons (Fsp3) is 0.429. The average Bonchev–Trinajstić information content (AvgIpc) is 3.19. The molecule has 8 nitrogen and oxygen atoms in total. The molecule has 0 aliphatic heterocycles. The Morgan fingerprint density at radius 2 is 2.03 bits per heavy atom. The summed E-state index contributed by atoms with van der Waals surface area (Å²) >= 11 is 0.